The Morgan fingerprint density at radius 3 is 2.62 bits per heavy atom. The third kappa shape index (κ3) is 3.11. The third-order valence-corrected chi connectivity index (χ3v) is 3.37. The standard InChI is InChI=1S/C11H17F3N2/c1-2-9-5-3-4-6-10(9,7-15)16-8-11(12,13)14/h9,16H,2-6,8H2,1H3. The fourth-order valence-corrected chi connectivity index (χ4v) is 2.48. The van der Waals surface area contributed by atoms with E-state index in [4.69, 9.17) is 5.26 Å². The van der Waals surface area contributed by atoms with E-state index in [0.717, 1.165) is 25.7 Å². The fraction of sp³-hybridized carbons (Fsp3) is 0.909. The number of hydrogen-bond donors (Lipinski definition) is 1. The summed E-state index contributed by atoms with van der Waals surface area (Å²) in [5, 5.41) is 11.6. The summed E-state index contributed by atoms with van der Waals surface area (Å²) in [4.78, 5) is 0. The van der Waals surface area contributed by atoms with Crippen LogP contribution in [0, 0.1) is 17.2 Å². The number of halogens is 3. The van der Waals surface area contributed by atoms with Gasteiger partial charge in [-0.05, 0) is 18.8 Å². The second kappa shape index (κ2) is 5.05. The van der Waals surface area contributed by atoms with Crippen molar-refractivity contribution in [2.24, 2.45) is 5.92 Å². The van der Waals surface area contributed by atoms with Gasteiger partial charge in [0.25, 0.3) is 0 Å². The predicted molar refractivity (Wildman–Crippen MR) is 54.7 cm³/mol. The van der Waals surface area contributed by atoms with Crippen molar-refractivity contribution in [3.63, 3.8) is 0 Å². The van der Waals surface area contributed by atoms with Crippen LogP contribution in [0.5, 0.6) is 0 Å². The highest BCUT2D eigenvalue weighted by atomic mass is 19.4. The lowest BCUT2D eigenvalue weighted by molar-refractivity contribution is -0.129. The van der Waals surface area contributed by atoms with Gasteiger partial charge in [0.15, 0.2) is 0 Å². The summed E-state index contributed by atoms with van der Waals surface area (Å²) < 4.78 is 36.5. The summed E-state index contributed by atoms with van der Waals surface area (Å²) >= 11 is 0. The minimum absolute atomic E-state index is 0.0357. The van der Waals surface area contributed by atoms with E-state index >= 15 is 0 Å². The maximum absolute atomic E-state index is 12.2. The van der Waals surface area contributed by atoms with E-state index in [2.05, 4.69) is 11.4 Å². The highest BCUT2D eigenvalue weighted by Crippen LogP contribution is 2.36. The molecule has 0 radical (unpaired) electrons. The van der Waals surface area contributed by atoms with Gasteiger partial charge < -0.3 is 0 Å². The number of hydrogen-bond acceptors (Lipinski definition) is 2. The Balaban J connectivity index is 2.71. The molecule has 2 nitrogen and oxygen atoms in total. The molecule has 0 aliphatic heterocycles. The molecule has 2 atom stereocenters. The minimum Gasteiger partial charge on any atom is -0.291 e. The van der Waals surface area contributed by atoms with Gasteiger partial charge in [0.2, 0.25) is 0 Å². The van der Waals surface area contributed by atoms with Crippen LogP contribution in [0.15, 0.2) is 0 Å². The summed E-state index contributed by atoms with van der Waals surface area (Å²) in [7, 11) is 0. The summed E-state index contributed by atoms with van der Waals surface area (Å²) in [5.74, 6) is 0.0357. The van der Waals surface area contributed by atoms with E-state index in [-0.39, 0.29) is 5.92 Å². The predicted octanol–water partition coefficient (Wildman–Crippen LogP) is 3.00. The molecule has 0 aromatic heterocycles. The van der Waals surface area contributed by atoms with E-state index in [9.17, 15) is 13.2 Å². The maximum atomic E-state index is 12.2. The second-order valence-corrected chi connectivity index (χ2v) is 4.40. The van der Waals surface area contributed by atoms with Crippen LogP contribution in [0.4, 0.5) is 13.2 Å². The number of nitrogens with one attached hydrogen (secondary N) is 1. The zero-order valence-corrected chi connectivity index (χ0v) is 9.40. The SMILES string of the molecule is CCC1CCCCC1(C#N)NCC(F)(F)F. The Kier molecular flexibility index (Phi) is 4.20. The van der Waals surface area contributed by atoms with Gasteiger partial charge in [-0.25, -0.2) is 0 Å². The number of nitriles is 1. The smallest absolute Gasteiger partial charge is 0.291 e. The third-order valence-electron chi connectivity index (χ3n) is 3.37. The molecule has 0 amide bonds. The highest BCUT2D eigenvalue weighted by molar-refractivity contribution is 5.12. The first-order valence-electron chi connectivity index (χ1n) is 5.66. The molecule has 0 aromatic rings. The highest BCUT2D eigenvalue weighted by Gasteiger charge is 2.42. The van der Waals surface area contributed by atoms with Crippen molar-refractivity contribution < 1.29 is 13.2 Å². The van der Waals surface area contributed by atoms with Gasteiger partial charge in [-0.1, -0.05) is 26.2 Å². The number of alkyl halides is 3. The molecule has 1 rings (SSSR count). The number of nitrogens with zero attached hydrogens (tertiary/aromatic N) is 1. The molecule has 0 heterocycles. The summed E-state index contributed by atoms with van der Waals surface area (Å²) in [6.07, 6.45) is -0.296. The van der Waals surface area contributed by atoms with Crippen molar-refractivity contribution in [3.05, 3.63) is 0 Å². The van der Waals surface area contributed by atoms with Crippen LogP contribution >= 0.6 is 0 Å². The first kappa shape index (κ1) is 13.3. The summed E-state index contributed by atoms with van der Waals surface area (Å²) in [6, 6.07) is 2.08. The zero-order valence-electron chi connectivity index (χ0n) is 9.40. The lowest BCUT2D eigenvalue weighted by atomic mass is 9.72. The Labute approximate surface area is 93.8 Å². The van der Waals surface area contributed by atoms with Crippen LogP contribution in [-0.4, -0.2) is 18.3 Å². The summed E-state index contributed by atoms with van der Waals surface area (Å²) in [6.45, 7) is 0.856. The average Bonchev–Trinajstić information content (AvgIpc) is 2.25. The second-order valence-electron chi connectivity index (χ2n) is 4.40. The molecule has 92 valence electrons. The van der Waals surface area contributed by atoms with Crippen LogP contribution in [0.25, 0.3) is 0 Å². The Bertz CT molecular complexity index is 269. The Hall–Kier alpha value is -0.760. The van der Waals surface area contributed by atoms with Crippen molar-refractivity contribution in [1.82, 2.24) is 5.32 Å². The van der Waals surface area contributed by atoms with Gasteiger partial charge in [-0.15, -0.1) is 0 Å². The van der Waals surface area contributed by atoms with Crippen LogP contribution in [-0.2, 0) is 0 Å². The van der Waals surface area contributed by atoms with Crippen LogP contribution in [0.2, 0.25) is 0 Å². The van der Waals surface area contributed by atoms with E-state index in [1.165, 1.54) is 0 Å². The molecule has 1 saturated carbocycles. The molecule has 5 heteroatoms. The first-order chi connectivity index (χ1) is 7.43. The first-order valence-corrected chi connectivity index (χ1v) is 5.66. The van der Waals surface area contributed by atoms with Gasteiger partial charge in [0.1, 0.15) is 5.54 Å². The van der Waals surface area contributed by atoms with E-state index in [1.54, 1.807) is 0 Å². The number of rotatable bonds is 3. The largest absolute Gasteiger partial charge is 0.401 e. The normalized spacial score (nSPS) is 31.1. The van der Waals surface area contributed by atoms with E-state index < -0.39 is 18.3 Å². The van der Waals surface area contributed by atoms with Crippen molar-refractivity contribution in [1.29, 1.82) is 5.26 Å². The molecule has 0 spiro atoms. The Morgan fingerprint density at radius 2 is 2.12 bits per heavy atom. The Morgan fingerprint density at radius 1 is 1.44 bits per heavy atom. The lowest BCUT2D eigenvalue weighted by Gasteiger charge is -2.39. The monoisotopic (exact) mass is 234 g/mol. The zero-order chi connectivity index (χ0) is 12.2. The molecule has 1 aliphatic carbocycles. The maximum Gasteiger partial charge on any atom is 0.401 e. The van der Waals surface area contributed by atoms with Gasteiger partial charge in [-0.2, -0.15) is 18.4 Å². The van der Waals surface area contributed by atoms with Gasteiger partial charge in [0, 0.05) is 0 Å². The van der Waals surface area contributed by atoms with Crippen molar-refractivity contribution in [2.75, 3.05) is 6.54 Å². The molecule has 0 aromatic carbocycles. The molecule has 1 N–H and O–H groups in total. The topological polar surface area (TPSA) is 35.8 Å². The van der Waals surface area contributed by atoms with Crippen LogP contribution in [0.1, 0.15) is 39.0 Å². The molecule has 0 saturated heterocycles. The van der Waals surface area contributed by atoms with E-state index in [0.29, 0.717) is 6.42 Å². The average molecular weight is 234 g/mol. The molecular formula is C11H17F3N2. The van der Waals surface area contributed by atoms with Crippen molar-refractivity contribution >= 4 is 0 Å². The van der Waals surface area contributed by atoms with Gasteiger partial charge >= 0.3 is 6.18 Å². The lowest BCUT2D eigenvalue weighted by Crippen LogP contribution is -2.54. The van der Waals surface area contributed by atoms with Crippen LogP contribution < -0.4 is 5.32 Å². The van der Waals surface area contributed by atoms with Crippen molar-refractivity contribution in [3.8, 4) is 6.07 Å². The molecular weight excluding hydrogens is 217 g/mol. The van der Waals surface area contributed by atoms with Gasteiger partial charge in [-0.3, -0.25) is 5.32 Å². The van der Waals surface area contributed by atoms with Crippen LogP contribution in [0.3, 0.4) is 0 Å². The minimum atomic E-state index is -4.25. The molecule has 1 aliphatic rings. The quantitative estimate of drug-likeness (QED) is 0.814. The molecule has 0 bridgehead atoms. The fourth-order valence-electron chi connectivity index (χ4n) is 2.48. The van der Waals surface area contributed by atoms with E-state index in [1.807, 2.05) is 6.92 Å². The van der Waals surface area contributed by atoms with Gasteiger partial charge in [0.05, 0.1) is 12.6 Å². The molecule has 2 unspecified atom stereocenters. The molecule has 1 fully saturated rings. The molecule has 16 heavy (non-hydrogen) atoms. The van der Waals surface area contributed by atoms with Crippen molar-refractivity contribution in [2.45, 2.75) is 50.7 Å². The summed E-state index contributed by atoms with van der Waals surface area (Å²) in [5.41, 5.74) is -0.970.